The number of carbonyl (C=O) groups excluding carboxylic acids is 1. The predicted molar refractivity (Wildman–Crippen MR) is 90.0 cm³/mol. The van der Waals surface area contributed by atoms with Crippen LogP contribution in [-0.2, 0) is 11.3 Å². The van der Waals surface area contributed by atoms with Gasteiger partial charge in [-0.15, -0.1) is 0 Å². The maximum absolute atomic E-state index is 12.4. The highest BCUT2D eigenvalue weighted by Crippen LogP contribution is 2.31. The fourth-order valence-corrected chi connectivity index (χ4v) is 3.27. The summed E-state index contributed by atoms with van der Waals surface area (Å²) < 4.78 is 1.81. The Morgan fingerprint density at radius 3 is 2.91 bits per heavy atom. The van der Waals surface area contributed by atoms with Crippen LogP contribution in [0.5, 0.6) is 0 Å². The number of nitrogens with zero attached hydrogens (tertiary/aromatic N) is 2. The Morgan fingerprint density at radius 2 is 2.17 bits per heavy atom. The highest BCUT2D eigenvalue weighted by Gasteiger charge is 2.37. The standard InChI is InChI=1S/C18H24N4O/c1-18(19)10-6-5-9-16(18)17(23)20-11-14-12-21-22(13-14)15-7-3-2-4-8-15/h2-4,7-8,12-13,16H,5-6,9-11,19H2,1H3,(H,20,23). The molecule has 2 aromatic rings. The minimum atomic E-state index is -0.392. The molecule has 1 aliphatic rings. The average molecular weight is 312 g/mol. The molecule has 2 atom stereocenters. The van der Waals surface area contributed by atoms with Crippen molar-refractivity contribution in [3.8, 4) is 5.69 Å². The molecule has 1 aliphatic carbocycles. The summed E-state index contributed by atoms with van der Waals surface area (Å²) >= 11 is 0. The number of carbonyl (C=O) groups is 1. The molecule has 1 aromatic carbocycles. The van der Waals surface area contributed by atoms with Gasteiger partial charge in [0.05, 0.1) is 17.8 Å². The second-order valence-corrected chi connectivity index (χ2v) is 6.65. The van der Waals surface area contributed by atoms with Gasteiger partial charge < -0.3 is 11.1 Å². The number of para-hydroxylation sites is 1. The van der Waals surface area contributed by atoms with E-state index in [0.717, 1.165) is 36.9 Å². The molecule has 122 valence electrons. The first-order valence-electron chi connectivity index (χ1n) is 8.22. The first kappa shape index (κ1) is 15.7. The molecule has 1 heterocycles. The van der Waals surface area contributed by atoms with E-state index in [0.29, 0.717) is 6.54 Å². The third-order valence-corrected chi connectivity index (χ3v) is 4.69. The lowest BCUT2D eigenvalue weighted by Gasteiger charge is -2.37. The van der Waals surface area contributed by atoms with Crippen molar-refractivity contribution in [1.29, 1.82) is 0 Å². The molecule has 0 bridgehead atoms. The summed E-state index contributed by atoms with van der Waals surface area (Å²) in [6.45, 7) is 2.47. The summed E-state index contributed by atoms with van der Waals surface area (Å²) in [5.74, 6) is -0.0393. The maximum atomic E-state index is 12.4. The molecule has 2 unspecified atom stereocenters. The Bertz CT molecular complexity index is 663. The molecule has 1 aromatic heterocycles. The average Bonchev–Trinajstić information content (AvgIpc) is 3.02. The number of amides is 1. The number of hydrogen-bond acceptors (Lipinski definition) is 3. The number of nitrogens with one attached hydrogen (secondary N) is 1. The Kier molecular flexibility index (Phi) is 4.48. The highest BCUT2D eigenvalue weighted by atomic mass is 16.1. The van der Waals surface area contributed by atoms with Crippen LogP contribution in [0.2, 0.25) is 0 Å². The first-order chi connectivity index (χ1) is 11.1. The van der Waals surface area contributed by atoms with Crippen LogP contribution < -0.4 is 11.1 Å². The lowest BCUT2D eigenvalue weighted by Crippen LogP contribution is -2.52. The van der Waals surface area contributed by atoms with Crippen molar-refractivity contribution < 1.29 is 4.79 Å². The minimum absolute atomic E-state index is 0.0576. The van der Waals surface area contributed by atoms with Gasteiger partial charge in [0.2, 0.25) is 5.91 Å². The normalized spacial score (nSPS) is 24.3. The van der Waals surface area contributed by atoms with Gasteiger partial charge in [0.15, 0.2) is 0 Å². The van der Waals surface area contributed by atoms with Crippen molar-refractivity contribution in [2.24, 2.45) is 11.7 Å². The van der Waals surface area contributed by atoms with E-state index in [9.17, 15) is 4.79 Å². The van der Waals surface area contributed by atoms with E-state index >= 15 is 0 Å². The van der Waals surface area contributed by atoms with Gasteiger partial charge in [-0.25, -0.2) is 4.68 Å². The minimum Gasteiger partial charge on any atom is -0.352 e. The van der Waals surface area contributed by atoms with Gasteiger partial charge in [-0.1, -0.05) is 31.0 Å². The number of rotatable bonds is 4. The molecule has 0 radical (unpaired) electrons. The lowest BCUT2D eigenvalue weighted by atomic mass is 9.74. The van der Waals surface area contributed by atoms with Crippen molar-refractivity contribution in [3.05, 3.63) is 48.3 Å². The predicted octanol–water partition coefficient (Wildman–Crippen LogP) is 2.40. The Morgan fingerprint density at radius 1 is 1.39 bits per heavy atom. The summed E-state index contributed by atoms with van der Waals surface area (Å²) in [5.41, 5.74) is 7.89. The van der Waals surface area contributed by atoms with Crippen molar-refractivity contribution in [3.63, 3.8) is 0 Å². The van der Waals surface area contributed by atoms with Gasteiger partial charge in [-0.3, -0.25) is 4.79 Å². The molecule has 23 heavy (non-hydrogen) atoms. The lowest BCUT2D eigenvalue weighted by molar-refractivity contribution is -0.128. The molecule has 5 nitrogen and oxygen atoms in total. The van der Waals surface area contributed by atoms with Crippen LogP contribution in [0.3, 0.4) is 0 Å². The number of benzene rings is 1. The van der Waals surface area contributed by atoms with Crippen LogP contribution in [0.1, 0.15) is 38.2 Å². The van der Waals surface area contributed by atoms with E-state index in [1.54, 1.807) is 6.20 Å². The number of aromatic nitrogens is 2. The Labute approximate surface area is 136 Å². The summed E-state index contributed by atoms with van der Waals surface area (Å²) in [6, 6.07) is 9.92. The van der Waals surface area contributed by atoms with Gasteiger partial charge in [0, 0.05) is 23.8 Å². The SMILES string of the molecule is CC1(N)CCCCC1C(=O)NCc1cnn(-c2ccccc2)c1. The van der Waals surface area contributed by atoms with E-state index < -0.39 is 5.54 Å². The fourth-order valence-electron chi connectivity index (χ4n) is 3.27. The van der Waals surface area contributed by atoms with Crippen molar-refractivity contribution >= 4 is 5.91 Å². The van der Waals surface area contributed by atoms with Crippen LogP contribution in [-0.4, -0.2) is 21.2 Å². The molecule has 0 saturated heterocycles. The van der Waals surface area contributed by atoms with Crippen LogP contribution in [0.4, 0.5) is 0 Å². The van der Waals surface area contributed by atoms with Gasteiger partial charge in [0.25, 0.3) is 0 Å². The van der Waals surface area contributed by atoms with Crippen LogP contribution >= 0.6 is 0 Å². The molecule has 1 fully saturated rings. The first-order valence-corrected chi connectivity index (χ1v) is 8.22. The maximum Gasteiger partial charge on any atom is 0.225 e. The Hall–Kier alpha value is -2.14. The van der Waals surface area contributed by atoms with Gasteiger partial charge >= 0.3 is 0 Å². The molecule has 3 N–H and O–H groups in total. The van der Waals surface area contributed by atoms with Crippen LogP contribution in [0.25, 0.3) is 5.69 Å². The van der Waals surface area contributed by atoms with E-state index in [1.807, 2.05) is 48.1 Å². The zero-order valence-corrected chi connectivity index (χ0v) is 13.5. The van der Waals surface area contributed by atoms with Crippen molar-refractivity contribution in [2.75, 3.05) is 0 Å². The second-order valence-electron chi connectivity index (χ2n) is 6.65. The number of nitrogens with two attached hydrogens (primary N) is 1. The van der Waals surface area contributed by atoms with Crippen molar-refractivity contribution in [2.45, 2.75) is 44.7 Å². The summed E-state index contributed by atoms with van der Waals surface area (Å²) in [7, 11) is 0. The van der Waals surface area contributed by atoms with E-state index in [4.69, 9.17) is 5.73 Å². The van der Waals surface area contributed by atoms with Gasteiger partial charge in [-0.05, 0) is 31.9 Å². The molecular weight excluding hydrogens is 288 g/mol. The largest absolute Gasteiger partial charge is 0.352 e. The van der Waals surface area contributed by atoms with Gasteiger partial charge in [0.1, 0.15) is 0 Å². The topological polar surface area (TPSA) is 72.9 Å². The van der Waals surface area contributed by atoms with E-state index in [2.05, 4.69) is 10.4 Å². The number of hydrogen-bond donors (Lipinski definition) is 2. The van der Waals surface area contributed by atoms with Gasteiger partial charge in [-0.2, -0.15) is 5.10 Å². The van der Waals surface area contributed by atoms with Crippen molar-refractivity contribution in [1.82, 2.24) is 15.1 Å². The third-order valence-electron chi connectivity index (χ3n) is 4.69. The highest BCUT2D eigenvalue weighted by molar-refractivity contribution is 5.80. The zero-order valence-electron chi connectivity index (χ0n) is 13.5. The molecule has 0 spiro atoms. The Balaban J connectivity index is 1.60. The quantitative estimate of drug-likeness (QED) is 0.910. The summed E-state index contributed by atoms with van der Waals surface area (Å²) in [5, 5.41) is 7.36. The second kappa shape index (κ2) is 6.54. The third kappa shape index (κ3) is 3.62. The van der Waals surface area contributed by atoms with E-state index in [-0.39, 0.29) is 11.8 Å². The molecule has 3 rings (SSSR count). The van der Waals surface area contributed by atoms with Crippen LogP contribution in [0, 0.1) is 5.92 Å². The van der Waals surface area contributed by atoms with E-state index in [1.165, 1.54) is 0 Å². The molecule has 1 saturated carbocycles. The molecule has 1 amide bonds. The monoisotopic (exact) mass is 312 g/mol. The summed E-state index contributed by atoms with van der Waals surface area (Å²) in [4.78, 5) is 12.4. The molecule has 0 aliphatic heterocycles. The molecule has 5 heteroatoms. The fraction of sp³-hybridized carbons (Fsp3) is 0.444. The van der Waals surface area contributed by atoms with Crippen LogP contribution in [0.15, 0.2) is 42.7 Å². The summed E-state index contributed by atoms with van der Waals surface area (Å²) in [6.07, 6.45) is 7.71. The molecular formula is C18H24N4O. The smallest absolute Gasteiger partial charge is 0.225 e. The zero-order chi connectivity index (χ0) is 16.3.